The zero-order valence-electron chi connectivity index (χ0n) is 16.8. The molecule has 3 heterocycles. The van der Waals surface area contributed by atoms with Crippen LogP contribution in [-0.2, 0) is 0 Å². The summed E-state index contributed by atoms with van der Waals surface area (Å²) in [7, 11) is 0. The summed E-state index contributed by atoms with van der Waals surface area (Å²) in [6.45, 7) is 7.36. The fraction of sp³-hybridized carbons (Fsp3) is 0.208. The minimum Gasteiger partial charge on any atom is -0.353 e. The van der Waals surface area contributed by atoms with Gasteiger partial charge in [-0.1, -0.05) is 36.9 Å². The van der Waals surface area contributed by atoms with E-state index in [1.54, 1.807) is 37.4 Å². The number of aryl methyl sites for hydroxylation is 1. The number of nitrogens with zero attached hydrogens (tertiary/aromatic N) is 3. The number of aromatic nitrogens is 2. The summed E-state index contributed by atoms with van der Waals surface area (Å²) in [4.78, 5) is 24.0. The van der Waals surface area contributed by atoms with Crippen LogP contribution in [0.15, 0.2) is 67.4 Å². The van der Waals surface area contributed by atoms with E-state index in [1.165, 1.54) is 5.56 Å². The van der Waals surface area contributed by atoms with E-state index >= 15 is 0 Å². The van der Waals surface area contributed by atoms with Gasteiger partial charge in [0.1, 0.15) is 17.3 Å². The first-order valence-corrected chi connectivity index (χ1v) is 9.90. The van der Waals surface area contributed by atoms with E-state index in [4.69, 9.17) is 0 Å². The van der Waals surface area contributed by atoms with Crippen molar-refractivity contribution in [1.82, 2.24) is 15.3 Å². The van der Waals surface area contributed by atoms with Crippen molar-refractivity contribution >= 4 is 17.4 Å². The van der Waals surface area contributed by atoms with Crippen LogP contribution in [0.3, 0.4) is 0 Å². The van der Waals surface area contributed by atoms with Crippen molar-refractivity contribution in [2.24, 2.45) is 0 Å². The maximum Gasteiger partial charge on any atom is 0.213 e. The van der Waals surface area contributed by atoms with E-state index < -0.39 is 5.83 Å². The van der Waals surface area contributed by atoms with E-state index in [9.17, 15) is 9.18 Å². The van der Waals surface area contributed by atoms with Gasteiger partial charge in [0.25, 0.3) is 0 Å². The first-order chi connectivity index (χ1) is 14.5. The van der Waals surface area contributed by atoms with Crippen LogP contribution in [0.4, 0.5) is 10.2 Å². The van der Waals surface area contributed by atoms with Crippen molar-refractivity contribution in [3.05, 3.63) is 95.5 Å². The molecule has 0 radical (unpaired) electrons. The first-order valence-electron chi connectivity index (χ1n) is 9.90. The molecular formula is C24H27FN4O. The predicted molar refractivity (Wildman–Crippen MR) is 120 cm³/mol. The van der Waals surface area contributed by atoms with Crippen LogP contribution in [0.25, 0.3) is 5.83 Å². The highest BCUT2D eigenvalue weighted by molar-refractivity contribution is 6.10. The van der Waals surface area contributed by atoms with Gasteiger partial charge in [0.15, 0.2) is 0 Å². The van der Waals surface area contributed by atoms with Crippen molar-refractivity contribution in [2.45, 2.75) is 13.0 Å². The van der Waals surface area contributed by atoms with E-state index in [0.29, 0.717) is 23.6 Å². The summed E-state index contributed by atoms with van der Waals surface area (Å²) < 4.78 is 14.1. The average Bonchev–Trinajstić information content (AvgIpc) is 2.79. The number of hydrogen-bond donors (Lipinski definition) is 1. The Balaban J connectivity index is 0.00000181. The van der Waals surface area contributed by atoms with Gasteiger partial charge >= 0.3 is 0 Å². The molecule has 3 aromatic rings. The van der Waals surface area contributed by atoms with Gasteiger partial charge in [-0.05, 0) is 36.8 Å². The fourth-order valence-corrected chi connectivity index (χ4v) is 3.74. The van der Waals surface area contributed by atoms with Gasteiger partial charge in [0, 0.05) is 51.5 Å². The van der Waals surface area contributed by atoms with E-state index in [-0.39, 0.29) is 25.9 Å². The second kappa shape index (κ2) is 8.55. The molecule has 4 rings (SSSR count). The van der Waals surface area contributed by atoms with Crippen molar-refractivity contribution < 1.29 is 12.0 Å². The van der Waals surface area contributed by atoms with Crippen molar-refractivity contribution in [1.29, 1.82) is 0 Å². The van der Waals surface area contributed by atoms with Crippen LogP contribution in [0.5, 0.6) is 0 Å². The molecule has 1 aliphatic heterocycles. The molecule has 0 bridgehead atoms. The number of hydrogen-bond acceptors (Lipinski definition) is 5. The highest BCUT2D eigenvalue weighted by atomic mass is 19.1. The first kappa shape index (κ1) is 19.9. The molecule has 30 heavy (non-hydrogen) atoms. The minimum atomic E-state index is -0.679. The molecule has 1 fully saturated rings. The van der Waals surface area contributed by atoms with Crippen molar-refractivity contribution in [2.75, 3.05) is 24.5 Å². The Morgan fingerprint density at radius 1 is 1.17 bits per heavy atom. The van der Waals surface area contributed by atoms with Gasteiger partial charge in [-0.15, -0.1) is 0 Å². The van der Waals surface area contributed by atoms with Crippen molar-refractivity contribution in [3.63, 3.8) is 0 Å². The number of halogens is 1. The Morgan fingerprint density at radius 2 is 1.97 bits per heavy atom. The SMILES string of the molecule is C=C(F)c1ccc(N2CCNC(c3ccccc3)C2)nc1C(=O)c1cccnc1C.[HH].[HH]. The number of carbonyl (C=O) groups excluding carboxylic acids is 1. The number of carbonyl (C=O) groups is 1. The number of ketones is 1. The summed E-state index contributed by atoms with van der Waals surface area (Å²) >= 11 is 0. The lowest BCUT2D eigenvalue weighted by Gasteiger charge is -2.35. The number of anilines is 1. The predicted octanol–water partition coefficient (Wildman–Crippen LogP) is 4.60. The Morgan fingerprint density at radius 3 is 2.70 bits per heavy atom. The van der Waals surface area contributed by atoms with Gasteiger partial charge < -0.3 is 10.2 Å². The lowest BCUT2D eigenvalue weighted by Crippen LogP contribution is -2.46. The number of benzene rings is 1. The third-order valence-electron chi connectivity index (χ3n) is 5.34. The fourth-order valence-electron chi connectivity index (χ4n) is 3.74. The Labute approximate surface area is 178 Å². The summed E-state index contributed by atoms with van der Waals surface area (Å²) in [6.07, 6.45) is 1.62. The molecule has 0 aliphatic carbocycles. The molecule has 1 N–H and O–H groups in total. The Hall–Kier alpha value is -3.38. The van der Waals surface area contributed by atoms with E-state index in [2.05, 4.69) is 38.9 Å². The topological polar surface area (TPSA) is 58.1 Å². The van der Waals surface area contributed by atoms with Crippen LogP contribution >= 0.6 is 0 Å². The molecular weight excluding hydrogens is 379 g/mol. The smallest absolute Gasteiger partial charge is 0.213 e. The molecule has 0 saturated carbocycles. The van der Waals surface area contributed by atoms with Crippen LogP contribution < -0.4 is 10.2 Å². The number of pyridine rings is 2. The molecule has 2 aromatic heterocycles. The molecule has 1 aliphatic rings. The lowest BCUT2D eigenvalue weighted by molar-refractivity contribution is 0.103. The summed E-state index contributed by atoms with van der Waals surface area (Å²) in [5.74, 6) is -0.389. The van der Waals surface area contributed by atoms with Gasteiger partial charge in [-0.2, -0.15) is 0 Å². The molecule has 1 unspecified atom stereocenters. The standard InChI is InChI=1S/C24H23FN4O.2H2/c1-16(25)19-10-11-22(28-23(19)24(30)20-9-6-12-26-17(20)2)29-14-13-27-21(15-29)18-7-4-3-5-8-18;;/h3-12,21,27H,1,13-15H2,2H3;2*1H. The van der Waals surface area contributed by atoms with E-state index in [0.717, 1.165) is 13.1 Å². The molecule has 6 heteroatoms. The monoisotopic (exact) mass is 406 g/mol. The van der Waals surface area contributed by atoms with Crippen LogP contribution in [0.1, 0.15) is 41.8 Å². The molecule has 156 valence electrons. The zero-order chi connectivity index (χ0) is 21.1. The number of nitrogens with one attached hydrogen (secondary N) is 1. The van der Waals surface area contributed by atoms with Crippen LogP contribution in [-0.4, -0.2) is 35.4 Å². The zero-order valence-corrected chi connectivity index (χ0v) is 16.8. The van der Waals surface area contributed by atoms with Gasteiger partial charge in [0.2, 0.25) is 5.78 Å². The maximum absolute atomic E-state index is 14.1. The Bertz CT molecular complexity index is 1090. The van der Waals surface area contributed by atoms with Crippen LogP contribution in [0, 0.1) is 6.92 Å². The largest absolute Gasteiger partial charge is 0.353 e. The van der Waals surface area contributed by atoms with E-state index in [1.807, 2.05) is 18.2 Å². The third-order valence-corrected chi connectivity index (χ3v) is 5.34. The minimum absolute atomic E-state index is 0. The highest BCUT2D eigenvalue weighted by Crippen LogP contribution is 2.26. The second-order valence-corrected chi connectivity index (χ2v) is 7.30. The normalized spacial score (nSPS) is 16.3. The maximum atomic E-state index is 14.1. The third kappa shape index (κ3) is 4.00. The van der Waals surface area contributed by atoms with Gasteiger partial charge in [0.05, 0.1) is 0 Å². The summed E-state index contributed by atoms with van der Waals surface area (Å²) in [6, 6.07) is 17.1. The highest BCUT2D eigenvalue weighted by Gasteiger charge is 2.25. The average molecular weight is 407 g/mol. The molecule has 0 spiro atoms. The lowest BCUT2D eigenvalue weighted by atomic mass is 10.0. The number of rotatable bonds is 5. The van der Waals surface area contributed by atoms with Crippen LogP contribution in [0.2, 0.25) is 0 Å². The molecule has 1 atom stereocenters. The summed E-state index contributed by atoms with van der Waals surface area (Å²) in [5, 5.41) is 3.52. The Kier molecular flexibility index (Phi) is 5.68. The molecule has 1 aromatic carbocycles. The van der Waals surface area contributed by atoms with Crippen molar-refractivity contribution in [3.8, 4) is 0 Å². The van der Waals surface area contributed by atoms with Gasteiger partial charge in [-0.25, -0.2) is 9.37 Å². The molecule has 5 nitrogen and oxygen atoms in total. The molecule has 0 amide bonds. The number of piperazine rings is 1. The molecule has 1 saturated heterocycles. The quantitative estimate of drug-likeness (QED) is 0.628. The van der Waals surface area contributed by atoms with Gasteiger partial charge in [-0.3, -0.25) is 9.78 Å². The second-order valence-electron chi connectivity index (χ2n) is 7.30. The summed E-state index contributed by atoms with van der Waals surface area (Å²) in [5.41, 5.74) is 2.36.